The number of nitrogens with zero attached hydrogens (tertiary/aromatic N) is 4. The van der Waals surface area contributed by atoms with Gasteiger partial charge in [0.2, 0.25) is 6.17 Å². The Morgan fingerprint density at radius 1 is 1.17 bits per heavy atom. The van der Waals surface area contributed by atoms with Crippen LogP contribution in [0.15, 0.2) is 34.1 Å². The van der Waals surface area contributed by atoms with E-state index in [1.165, 1.54) is 11.8 Å². The minimum atomic E-state index is -0.627. The van der Waals surface area contributed by atoms with Gasteiger partial charge in [0.15, 0.2) is 5.65 Å². The second kappa shape index (κ2) is 8.10. The Morgan fingerprint density at radius 3 is 2.73 bits per heavy atom. The number of quaternary nitrogens is 1. The van der Waals surface area contributed by atoms with Crippen LogP contribution in [0.2, 0.25) is 5.15 Å². The molecule has 0 saturated carbocycles. The second-order valence-corrected chi connectivity index (χ2v) is 9.69. The summed E-state index contributed by atoms with van der Waals surface area (Å²) >= 11 is 9.26. The average molecular weight is 465 g/mol. The van der Waals surface area contributed by atoms with Crippen LogP contribution in [0, 0.1) is 0 Å². The zero-order chi connectivity index (χ0) is 20.7. The number of hydrogen-bond donors (Lipinski definition) is 1. The third-order valence-electron chi connectivity index (χ3n) is 5.44. The lowest BCUT2D eigenvalue weighted by Gasteiger charge is -2.39. The molecule has 0 aromatic carbocycles. The number of amides is 1. The van der Waals surface area contributed by atoms with E-state index in [0.29, 0.717) is 28.0 Å². The molecule has 0 radical (unpaired) electrons. The molecule has 2 aromatic heterocycles. The van der Waals surface area contributed by atoms with Gasteiger partial charge in [-0.3, -0.25) is 4.84 Å². The van der Waals surface area contributed by atoms with Gasteiger partial charge >= 0.3 is 12.4 Å². The van der Waals surface area contributed by atoms with Gasteiger partial charge in [0.25, 0.3) is 5.82 Å². The summed E-state index contributed by atoms with van der Waals surface area (Å²) in [4.78, 5) is 43.9. The van der Waals surface area contributed by atoms with Gasteiger partial charge in [-0.1, -0.05) is 11.6 Å². The van der Waals surface area contributed by atoms with Crippen molar-refractivity contribution in [1.82, 2.24) is 24.8 Å². The number of carbonyl (C=O) groups excluding carboxylic acids is 2. The maximum Gasteiger partial charge on any atom is 0.402 e. The van der Waals surface area contributed by atoms with Gasteiger partial charge in [-0.2, -0.15) is 4.98 Å². The summed E-state index contributed by atoms with van der Waals surface area (Å²) in [6.45, 7) is 3.42. The van der Waals surface area contributed by atoms with Crippen LogP contribution in [0.25, 0.3) is 11.0 Å². The van der Waals surface area contributed by atoms with Gasteiger partial charge in [0.1, 0.15) is 10.1 Å². The monoisotopic (exact) mass is 464 g/mol. The highest BCUT2D eigenvalue weighted by molar-refractivity contribution is 8.10. The quantitative estimate of drug-likeness (QED) is 0.415. The van der Waals surface area contributed by atoms with Crippen LogP contribution in [0.1, 0.15) is 0 Å². The third kappa shape index (κ3) is 3.14. The Kier molecular flexibility index (Phi) is 5.46. The largest absolute Gasteiger partial charge is 0.402 e. The lowest BCUT2D eigenvalue weighted by atomic mass is 10.2. The molecule has 2 aromatic rings. The molecular weight excluding hydrogens is 446 g/mol. The zero-order valence-electron chi connectivity index (χ0n) is 15.9. The summed E-state index contributed by atoms with van der Waals surface area (Å²) < 4.78 is -0.627. The lowest BCUT2D eigenvalue weighted by molar-refractivity contribution is -0.194. The van der Waals surface area contributed by atoms with Crippen molar-refractivity contribution in [3.8, 4) is 0 Å². The van der Waals surface area contributed by atoms with Gasteiger partial charge in [-0.25, -0.2) is 19.5 Å². The summed E-state index contributed by atoms with van der Waals surface area (Å²) in [7, 11) is 0. The molecule has 8 nitrogen and oxygen atoms in total. The van der Waals surface area contributed by atoms with Crippen LogP contribution >= 0.6 is 35.1 Å². The average Bonchev–Trinajstić information content (AvgIpc) is 3.03. The minimum absolute atomic E-state index is 0.258. The molecule has 5 rings (SSSR count). The van der Waals surface area contributed by atoms with Crippen LogP contribution in [-0.4, -0.2) is 71.1 Å². The smallest absolute Gasteiger partial charge is 0.314 e. The van der Waals surface area contributed by atoms with Crippen LogP contribution < -0.4 is 9.96 Å². The summed E-state index contributed by atoms with van der Waals surface area (Å²) in [5.74, 6) is 1.82. The van der Waals surface area contributed by atoms with Crippen molar-refractivity contribution in [2.75, 3.05) is 37.7 Å². The van der Waals surface area contributed by atoms with E-state index in [1.807, 2.05) is 12.1 Å². The first-order chi connectivity index (χ1) is 14.6. The first kappa shape index (κ1) is 20.2. The number of piperazine rings is 1. The van der Waals surface area contributed by atoms with Gasteiger partial charge in [0.05, 0.1) is 4.91 Å². The van der Waals surface area contributed by atoms with E-state index >= 15 is 0 Å². The molecule has 1 fully saturated rings. The molecule has 0 aliphatic carbocycles. The highest BCUT2D eigenvalue weighted by atomic mass is 35.5. The molecule has 1 N–H and O–H groups in total. The molecule has 5 heterocycles. The molecule has 3 aliphatic heterocycles. The number of rotatable bonds is 4. The molecule has 1 amide bonds. The fraction of sp³-hybridized carbons (Fsp3) is 0.368. The molecule has 2 atom stereocenters. The van der Waals surface area contributed by atoms with Crippen LogP contribution in [0.5, 0.6) is 0 Å². The predicted molar refractivity (Wildman–Crippen MR) is 119 cm³/mol. The van der Waals surface area contributed by atoms with E-state index in [-0.39, 0.29) is 5.91 Å². The molecule has 30 heavy (non-hydrogen) atoms. The van der Waals surface area contributed by atoms with Crippen molar-refractivity contribution in [3.63, 3.8) is 0 Å². The predicted octanol–water partition coefficient (Wildman–Crippen LogP) is 2.14. The number of fused-ring (bicyclic) bond motifs is 1. The normalized spacial score (nSPS) is 27.4. The van der Waals surface area contributed by atoms with E-state index < -0.39 is 10.8 Å². The van der Waals surface area contributed by atoms with Crippen molar-refractivity contribution in [2.45, 2.75) is 6.17 Å². The summed E-state index contributed by atoms with van der Waals surface area (Å²) in [5.41, 5.74) is 0.407. The fourth-order valence-electron chi connectivity index (χ4n) is 4.15. The molecule has 0 bridgehead atoms. The van der Waals surface area contributed by atoms with Gasteiger partial charge < -0.3 is 5.32 Å². The minimum Gasteiger partial charge on any atom is -0.314 e. The van der Waals surface area contributed by atoms with Crippen molar-refractivity contribution in [3.05, 3.63) is 39.2 Å². The molecule has 1 saturated heterocycles. The van der Waals surface area contributed by atoms with E-state index in [9.17, 15) is 9.59 Å². The number of thioether (sulfide) groups is 2. The van der Waals surface area contributed by atoms with Crippen LogP contribution in [0.3, 0.4) is 0 Å². The summed E-state index contributed by atoms with van der Waals surface area (Å²) in [5, 5.41) is 4.44. The topological polar surface area (TPSA) is 84.4 Å². The number of nitrogens with one attached hydrogen (secondary N) is 1. The number of pyridine rings is 2. The molecule has 156 valence electrons. The SMILES string of the molecule is O=CO[N+]1(c2ccc3ccc(Cl)nc3n2)C(=O)C2=C(SCCS2)C1N1CCNCC1. The van der Waals surface area contributed by atoms with Crippen molar-refractivity contribution < 1.29 is 14.4 Å². The second-order valence-electron chi connectivity index (χ2n) is 7.06. The highest BCUT2D eigenvalue weighted by Crippen LogP contribution is 2.50. The number of halogens is 1. The third-order valence-corrected chi connectivity index (χ3v) is 8.26. The Hall–Kier alpha value is -1.69. The number of carbonyl (C=O) groups is 2. The van der Waals surface area contributed by atoms with Crippen LogP contribution in [-0.2, 0) is 14.4 Å². The molecule has 11 heteroatoms. The van der Waals surface area contributed by atoms with E-state index in [1.54, 1.807) is 23.9 Å². The standard InChI is InChI=1S/C19H19ClN5O3S2/c20-13-3-1-12-2-4-14(23-17(12)22-13)25(28-11-26)18(24-7-5-21-6-8-24)15-16(19(25)27)30-10-9-29-15/h1-4,11,18,21H,5-10H2/q+1. The molecule has 3 aliphatic rings. The van der Waals surface area contributed by atoms with Gasteiger partial charge in [0, 0.05) is 53.8 Å². The summed E-state index contributed by atoms with van der Waals surface area (Å²) in [6.07, 6.45) is -0.457. The van der Waals surface area contributed by atoms with Gasteiger partial charge in [-0.05, 0) is 18.2 Å². The molecule has 2 unspecified atom stereocenters. The lowest BCUT2D eigenvalue weighted by Crippen LogP contribution is -2.66. The number of hydroxylamine groups is 2. The maximum atomic E-state index is 13.8. The highest BCUT2D eigenvalue weighted by Gasteiger charge is 2.64. The number of hydrogen-bond acceptors (Lipinski definition) is 9. The van der Waals surface area contributed by atoms with Crippen molar-refractivity contribution in [2.24, 2.45) is 0 Å². The van der Waals surface area contributed by atoms with E-state index in [4.69, 9.17) is 16.4 Å². The first-order valence-corrected chi connectivity index (χ1v) is 11.9. The molecular formula is C19H19ClN5O3S2+. The van der Waals surface area contributed by atoms with E-state index in [2.05, 4.69) is 20.2 Å². The fourth-order valence-corrected chi connectivity index (χ4v) is 6.91. The van der Waals surface area contributed by atoms with Crippen molar-refractivity contribution in [1.29, 1.82) is 0 Å². The first-order valence-electron chi connectivity index (χ1n) is 9.59. The van der Waals surface area contributed by atoms with E-state index in [0.717, 1.165) is 48.0 Å². The molecule has 0 spiro atoms. The Labute approximate surface area is 186 Å². The Bertz CT molecular complexity index is 1060. The summed E-state index contributed by atoms with van der Waals surface area (Å²) in [6, 6.07) is 7.08. The van der Waals surface area contributed by atoms with Crippen molar-refractivity contribution >= 4 is 64.4 Å². The Balaban J connectivity index is 1.71. The van der Waals surface area contributed by atoms with Crippen LogP contribution in [0.4, 0.5) is 5.82 Å². The maximum absolute atomic E-state index is 13.8. The zero-order valence-corrected chi connectivity index (χ0v) is 18.3. The van der Waals surface area contributed by atoms with Gasteiger partial charge in [-0.15, -0.1) is 23.5 Å². The Morgan fingerprint density at radius 2 is 1.93 bits per heavy atom. The number of aromatic nitrogens is 2.